The first-order chi connectivity index (χ1) is 11.6. The third-order valence-electron chi connectivity index (χ3n) is 4.83. The number of nitrogens with zero attached hydrogens (tertiary/aromatic N) is 3. The Kier molecular flexibility index (Phi) is 4.85. The fourth-order valence-electron chi connectivity index (χ4n) is 3.33. The summed E-state index contributed by atoms with van der Waals surface area (Å²) in [6, 6.07) is 10.5. The highest BCUT2D eigenvalue weighted by Gasteiger charge is 2.30. The molecule has 2 aliphatic rings. The number of benzene rings is 1. The normalized spacial score (nSPS) is 24.0. The van der Waals surface area contributed by atoms with Crippen LogP contribution in [0.3, 0.4) is 0 Å². The molecule has 2 heterocycles. The lowest BCUT2D eigenvalue weighted by Crippen LogP contribution is -2.46. The standard InChI is InChI=1S/C18H25N5O/c1-2-23(13-15-6-4-3-5-7-15)14-17(12-20-23)21-16-8-10-22(11-9-16)18(19)24/h3-7,12,14,16,21H,2,8-11,13H2,1H3,(H-,19,24)/p+1. The quantitative estimate of drug-likeness (QED) is 0.812. The van der Waals surface area contributed by atoms with Gasteiger partial charge in [0.1, 0.15) is 31.2 Å². The fourth-order valence-corrected chi connectivity index (χ4v) is 3.33. The highest BCUT2D eigenvalue weighted by atomic mass is 16.2. The molecule has 0 bridgehead atoms. The van der Waals surface area contributed by atoms with Crippen LogP contribution in [0.4, 0.5) is 4.79 Å². The number of nitrogens with one attached hydrogen (secondary N) is 1. The van der Waals surface area contributed by atoms with Gasteiger partial charge in [-0.15, -0.1) is 0 Å². The van der Waals surface area contributed by atoms with Crippen molar-refractivity contribution >= 4 is 12.2 Å². The Labute approximate surface area is 143 Å². The topological polar surface area (TPSA) is 70.7 Å². The number of carbonyl (C=O) groups is 1. The lowest BCUT2D eigenvalue weighted by atomic mass is 10.1. The highest BCUT2D eigenvalue weighted by molar-refractivity contribution is 5.78. The molecule has 128 valence electrons. The first kappa shape index (κ1) is 16.5. The number of quaternary nitrogens is 1. The van der Waals surface area contributed by atoms with E-state index in [1.807, 2.05) is 12.3 Å². The number of hydrogen-bond acceptors (Lipinski definition) is 3. The minimum absolute atomic E-state index is 0.320. The van der Waals surface area contributed by atoms with Crippen LogP contribution in [0.25, 0.3) is 0 Å². The zero-order valence-electron chi connectivity index (χ0n) is 14.2. The second-order valence-corrected chi connectivity index (χ2v) is 6.52. The summed E-state index contributed by atoms with van der Waals surface area (Å²) < 4.78 is 0.590. The molecule has 2 amide bonds. The molecule has 24 heavy (non-hydrogen) atoms. The van der Waals surface area contributed by atoms with E-state index in [1.165, 1.54) is 5.56 Å². The van der Waals surface area contributed by atoms with Gasteiger partial charge in [0, 0.05) is 24.7 Å². The van der Waals surface area contributed by atoms with Crippen LogP contribution in [0.2, 0.25) is 0 Å². The van der Waals surface area contributed by atoms with E-state index in [0.717, 1.165) is 44.7 Å². The van der Waals surface area contributed by atoms with Crippen molar-refractivity contribution in [2.24, 2.45) is 10.8 Å². The van der Waals surface area contributed by atoms with Crippen molar-refractivity contribution in [2.45, 2.75) is 32.4 Å². The molecule has 6 heteroatoms. The number of urea groups is 1. The Morgan fingerprint density at radius 1 is 1.33 bits per heavy atom. The van der Waals surface area contributed by atoms with Gasteiger partial charge in [0.05, 0.1) is 0 Å². The molecule has 1 saturated heterocycles. The average Bonchev–Trinajstić information content (AvgIpc) is 2.99. The first-order valence-electron chi connectivity index (χ1n) is 8.60. The minimum Gasteiger partial charge on any atom is -0.376 e. The zero-order chi connectivity index (χ0) is 17.0. The van der Waals surface area contributed by atoms with Gasteiger partial charge >= 0.3 is 6.03 Å². The van der Waals surface area contributed by atoms with Crippen LogP contribution in [0.5, 0.6) is 0 Å². The van der Waals surface area contributed by atoms with E-state index in [0.29, 0.717) is 10.6 Å². The number of carbonyl (C=O) groups excluding carboxylic acids is 1. The fraction of sp³-hybridized carbons (Fsp3) is 0.444. The number of hydrogen-bond donors (Lipinski definition) is 2. The molecular weight excluding hydrogens is 302 g/mol. The molecule has 3 rings (SSSR count). The smallest absolute Gasteiger partial charge is 0.314 e. The van der Waals surface area contributed by atoms with E-state index in [1.54, 1.807) is 4.90 Å². The van der Waals surface area contributed by atoms with Crippen LogP contribution in [-0.2, 0) is 6.54 Å². The van der Waals surface area contributed by atoms with Gasteiger partial charge in [-0.25, -0.2) is 4.79 Å². The van der Waals surface area contributed by atoms with Crippen molar-refractivity contribution in [1.29, 1.82) is 0 Å². The van der Waals surface area contributed by atoms with Gasteiger partial charge in [-0.2, -0.15) is 4.59 Å². The van der Waals surface area contributed by atoms with Crippen molar-refractivity contribution in [3.63, 3.8) is 0 Å². The summed E-state index contributed by atoms with van der Waals surface area (Å²) in [5.41, 5.74) is 7.69. The van der Waals surface area contributed by atoms with Crippen LogP contribution < -0.4 is 11.1 Å². The molecule has 0 saturated carbocycles. The number of primary amides is 1. The van der Waals surface area contributed by atoms with E-state index in [2.05, 4.69) is 42.7 Å². The zero-order valence-corrected chi connectivity index (χ0v) is 14.2. The summed E-state index contributed by atoms with van der Waals surface area (Å²) in [7, 11) is 0. The van der Waals surface area contributed by atoms with Crippen molar-refractivity contribution in [3.05, 3.63) is 47.8 Å². The molecule has 6 nitrogen and oxygen atoms in total. The molecule has 1 aromatic carbocycles. The minimum atomic E-state index is -0.320. The van der Waals surface area contributed by atoms with Gasteiger partial charge in [-0.05, 0) is 19.8 Å². The molecule has 1 unspecified atom stereocenters. The number of allylic oxidation sites excluding steroid dienone is 1. The second-order valence-electron chi connectivity index (χ2n) is 6.52. The number of nitrogens with two attached hydrogens (primary N) is 1. The van der Waals surface area contributed by atoms with E-state index in [9.17, 15) is 4.79 Å². The number of amides is 2. The molecule has 1 fully saturated rings. The van der Waals surface area contributed by atoms with E-state index in [4.69, 9.17) is 10.8 Å². The molecule has 0 radical (unpaired) electrons. The molecule has 0 aromatic heterocycles. The van der Waals surface area contributed by atoms with E-state index >= 15 is 0 Å². The third-order valence-corrected chi connectivity index (χ3v) is 4.83. The SMILES string of the molecule is CC[N+]1(Cc2ccccc2)C=C(NC2CCN(C(N)=O)CC2)C=N1. The summed E-state index contributed by atoms with van der Waals surface area (Å²) in [5, 5.41) is 8.31. The molecule has 1 aromatic rings. The maximum Gasteiger partial charge on any atom is 0.314 e. The van der Waals surface area contributed by atoms with E-state index < -0.39 is 0 Å². The Morgan fingerprint density at radius 3 is 2.67 bits per heavy atom. The number of rotatable bonds is 5. The molecule has 2 aliphatic heterocycles. The number of likely N-dealkylation sites (tertiary alicyclic amines) is 1. The van der Waals surface area contributed by atoms with E-state index in [-0.39, 0.29) is 6.03 Å². The van der Waals surface area contributed by atoms with Crippen molar-refractivity contribution < 1.29 is 9.39 Å². The van der Waals surface area contributed by atoms with Gasteiger partial charge < -0.3 is 16.0 Å². The molecule has 0 spiro atoms. The summed E-state index contributed by atoms with van der Waals surface area (Å²) in [4.78, 5) is 12.9. The average molecular weight is 328 g/mol. The molecule has 1 atom stereocenters. The lowest BCUT2D eigenvalue weighted by molar-refractivity contribution is -0.895. The molecular formula is C18H26N5O+. The summed E-state index contributed by atoms with van der Waals surface area (Å²) in [5.74, 6) is 0. The maximum atomic E-state index is 11.2. The Morgan fingerprint density at radius 2 is 2.04 bits per heavy atom. The molecule has 0 aliphatic carbocycles. The van der Waals surface area contributed by atoms with Crippen LogP contribution in [0.15, 0.2) is 47.3 Å². The monoisotopic (exact) mass is 328 g/mol. The van der Waals surface area contributed by atoms with Gasteiger partial charge in [-0.3, -0.25) is 0 Å². The van der Waals surface area contributed by atoms with Gasteiger partial charge in [0.2, 0.25) is 0 Å². The maximum absolute atomic E-state index is 11.2. The van der Waals surface area contributed by atoms with Gasteiger partial charge in [0.25, 0.3) is 0 Å². The largest absolute Gasteiger partial charge is 0.376 e. The Bertz CT molecular complexity index is 634. The highest BCUT2D eigenvalue weighted by Crippen LogP contribution is 2.22. The van der Waals surface area contributed by atoms with Crippen LogP contribution in [-0.4, -0.2) is 47.4 Å². The van der Waals surface area contributed by atoms with Crippen LogP contribution >= 0.6 is 0 Å². The van der Waals surface area contributed by atoms with Gasteiger partial charge in [-0.1, -0.05) is 35.4 Å². The molecule has 3 N–H and O–H groups in total. The summed E-state index contributed by atoms with van der Waals surface area (Å²) >= 11 is 0. The second kappa shape index (κ2) is 7.05. The first-order valence-corrected chi connectivity index (χ1v) is 8.60. The van der Waals surface area contributed by atoms with Crippen LogP contribution in [0.1, 0.15) is 25.3 Å². The van der Waals surface area contributed by atoms with Crippen molar-refractivity contribution in [1.82, 2.24) is 10.2 Å². The predicted octanol–water partition coefficient (Wildman–Crippen LogP) is 2.00. The van der Waals surface area contributed by atoms with Crippen molar-refractivity contribution in [3.8, 4) is 0 Å². The van der Waals surface area contributed by atoms with Gasteiger partial charge in [0.15, 0.2) is 0 Å². The van der Waals surface area contributed by atoms with Crippen molar-refractivity contribution in [2.75, 3.05) is 19.6 Å². The third kappa shape index (κ3) is 3.76. The van der Waals surface area contributed by atoms with Crippen LogP contribution in [0, 0.1) is 0 Å². The summed E-state index contributed by atoms with van der Waals surface area (Å²) in [6.45, 7) is 5.37. The summed E-state index contributed by atoms with van der Waals surface area (Å²) in [6.07, 6.45) is 5.97. The predicted molar refractivity (Wildman–Crippen MR) is 94.8 cm³/mol. The Hall–Kier alpha value is -2.34. The lowest BCUT2D eigenvalue weighted by Gasteiger charge is -2.31. The Balaban J connectivity index is 1.61. The number of piperidine rings is 1.